The molecule has 1 saturated heterocycles. The predicted octanol–water partition coefficient (Wildman–Crippen LogP) is 4.25. The van der Waals surface area contributed by atoms with Crippen LogP contribution in [-0.2, 0) is 10.0 Å². The van der Waals surface area contributed by atoms with Gasteiger partial charge in [-0.3, -0.25) is 4.72 Å². The van der Waals surface area contributed by atoms with Crippen molar-refractivity contribution >= 4 is 32.2 Å². The van der Waals surface area contributed by atoms with Gasteiger partial charge < -0.3 is 9.64 Å². The van der Waals surface area contributed by atoms with E-state index in [1.54, 1.807) is 25.3 Å². The van der Waals surface area contributed by atoms with Crippen LogP contribution in [0.4, 0.5) is 11.4 Å². The molecule has 1 aliphatic rings. The second kappa shape index (κ2) is 7.12. The first kappa shape index (κ1) is 17.7. The number of fused-ring (bicyclic) bond motifs is 1. The number of sulfonamides is 1. The van der Waals surface area contributed by atoms with E-state index in [9.17, 15) is 8.42 Å². The van der Waals surface area contributed by atoms with Crippen molar-refractivity contribution < 1.29 is 13.2 Å². The summed E-state index contributed by atoms with van der Waals surface area (Å²) in [5.74, 6) is 0.745. The van der Waals surface area contributed by atoms with Gasteiger partial charge in [0, 0.05) is 24.5 Å². The highest BCUT2D eigenvalue weighted by molar-refractivity contribution is 7.92. The van der Waals surface area contributed by atoms with Gasteiger partial charge in [0.05, 0.1) is 12.0 Å². The third-order valence-corrected chi connectivity index (χ3v) is 6.30. The van der Waals surface area contributed by atoms with E-state index >= 15 is 0 Å². The zero-order chi connectivity index (χ0) is 18.9. The van der Waals surface area contributed by atoms with Crippen molar-refractivity contribution in [3.05, 3.63) is 60.7 Å². The number of hydrogen-bond donors (Lipinski definition) is 1. The number of anilines is 2. The van der Waals surface area contributed by atoms with Gasteiger partial charge in [-0.2, -0.15) is 0 Å². The molecule has 3 aromatic carbocycles. The average molecular weight is 382 g/mol. The van der Waals surface area contributed by atoms with Gasteiger partial charge in [-0.15, -0.1) is 0 Å². The number of ether oxygens (including phenoxy) is 1. The molecule has 0 atom stereocenters. The first-order valence-electron chi connectivity index (χ1n) is 9.01. The molecular weight excluding hydrogens is 360 g/mol. The highest BCUT2D eigenvalue weighted by Crippen LogP contribution is 2.26. The van der Waals surface area contributed by atoms with Gasteiger partial charge in [0.25, 0.3) is 10.0 Å². The van der Waals surface area contributed by atoms with Crippen LogP contribution in [0.5, 0.6) is 5.75 Å². The van der Waals surface area contributed by atoms with E-state index in [1.807, 2.05) is 42.5 Å². The molecule has 140 valence electrons. The minimum absolute atomic E-state index is 0.240. The van der Waals surface area contributed by atoms with Gasteiger partial charge in [0.1, 0.15) is 5.75 Å². The largest absolute Gasteiger partial charge is 0.497 e. The fourth-order valence-corrected chi connectivity index (χ4v) is 4.52. The van der Waals surface area contributed by atoms with Crippen molar-refractivity contribution in [2.24, 2.45) is 0 Å². The van der Waals surface area contributed by atoms with Crippen LogP contribution >= 0.6 is 0 Å². The van der Waals surface area contributed by atoms with Crippen molar-refractivity contribution in [1.29, 1.82) is 0 Å². The Labute approximate surface area is 159 Å². The van der Waals surface area contributed by atoms with Crippen LogP contribution in [0.15, 0.2) is 65.6 Å². The maximum absolute atomic E-state index is 12.8. The maximum atomic E-state index is 12.8. The molecule has 0 bridgehead atoms. The van der Waals surface area contributed by atoms with E-state index in [4.69, 9.17) is 4.74 Å². The van der Waals surface area contributed by atoms with Crippen molar-refractivity contribution in [3.63, 3.8) is 0 Å². The molecular formula is C21H22N2O3S. The number of nitrogens with zero attached hydrogens (tertiary/aromatic N) is 1. The van der Waals surface area contributed by atoms with E-state index in [0.717, 1.165) is 35.3 Å². The van der Waals surface area contributed by atoms with Crippen LogP contribution in [0, 0.1) is 0 Å². The normalized spacial score (nSPS) is 14.5. The molecule has 1 N–H and O–H groups in total. The van der Waals surface area contributed by atoms with E-state index in [0.29, 0.717) is 5.69 Å². The van der Waals surface area contributed by atoms with Crippen LogP contribution in [0.2, 0.25) is 0 Å². The highest BCUT2D eigenvalue weighted by Gasteiger charge is 2.16. The second-order valence-corrected chi connectivity index (χ2v) is 8.40. The third-order valence-electron chi connectivity index (χ3n) is 4.92. The summed E-state index contributed by atoms with van der Waals surface area (Å²) >= 11 is 0. The van der Waals surface area contributed by atoms with Crippen LogP contribution in [0.25, 0.3) is 10.8 Å². The summed E-state index contributed by atoms with van der Waals surface area (Å²) in [6.45, 7) is 2.12. The predicted molar refractivity (Wildman–Crippen MR) is 109 cm³/mol. The summed E-state index contributed by atoms with van der Waals surface area (Å²) in [6, 6.07) is 18.2. The molecule has 0 unspecified atom stereocenters. The highest BCUT2D eigenvalue weighted by atomic mass is 32.2. The van der Waals surface area contributed by atoms with Gasteiger partial charge in [-0.05, 0) is 72.1 Å². The summed E-state index contributed by atoms with van der Waals surface area (Å²) in [6.07, 6.45) is 2.42. The molecule has 4 rings (SSSR count). The maximum Gasteiger partial charge on any atom is 0.261 e. The second-order valence-electron chi connectivity index (χ2n) is 6.72. The fourth-order valence-electron chi connectivity index (χ4n) is 3.43. The van der Waals surface area contributed by atoms with Gasteiger partial charge >= 0.3 is 0 Å². The minimum Gasteiger partial charge on any atom is -0.497 e. The molecule has 27 heavy (non-hydrogen) atoms. The molecule has 0 amide bonds. The van der Waals surface area contributed by atoms with E-state index < -0.39 is 10.0 Å². The molecule has 0 saturated carbocycles. The molecule has 6 heteroatoms. The van der Waals surface area contributed by atoms with Crippen molar-refractivity contribution in [3.8, 4) is 5.75 Å². The molecule has 1 aliphatic heterocycles. The standard InChI is InChI=1S/C21H22N2O3S/c1-26-20-10-4-17-15-21(11-5-16(17)14-20)27(24,25)22-18-6-8-19(9-7-18)23-12-2-3-13-23/h4-11,14-15,22H,2-3,12-13H2,1H3. The number of rotatable bonds is 5. The molecule has 1 fully saturated rings. The van der Waals surface area contributed by atoms with Gasteiger partial charge in [-0.25, -0.2) is 8.42 Å². The molecule has 5 nitrogen and oxygen atoms in total. The van der Waals surface area contributed by atoms with Crippen LogP contribution in [0.1, 0.15) is 12.8 Å². The number of methoxy groups -OCH3 is 1. The van der Waals surface area contributed by atoms with Gasteiger partial charge in [-0.1, -0.05) is 12.1 Å². The Kier molecular flexibility index (Phi) is 4.66. The first-order valence-corrected chi connectivity index (χ1v) is 10.5. The van der Waals surface area contributed by atoms with E-state index in [2.05, 4.69) is 9.62 Å². The van der Waals surface area contributed by atoms with Crippen molar-refractivity contribution in [2.75, 3.05) is 29.8 Å². The Morgan fingerprint density at radius 3 is 2.26 bits per heavy atom. The lowest BCUT2D eigenvalue weighted by Crippen LogP contribution is -2.17. The smallest absolute Gasteiger partial charge is 0.261 e. The zero-order valence-corrected chi connectivity index (χ0v) is 16.0. The SMILES string of the molecule is COc1ccc2cc(S(=O)(=O)Nc3ccc(N4CCCC4)cc3)ccc2c1. The van der Waals surface area contributed by atoms with Crippen molar-refractivity contribution in [2.45, 2.75) is 17.7 Å². The average Bonchev–Trinajstić information content (AvgIpc) is 3.22. The molecule has 0 aliphatic carbocycles. The summed E-state index contributed by atoms with van der Waals surface area (Å²) in [5.41, 5.74) is 1.70. The Hall–Kier alpha value is -2.73. The first-order chi connectivity index (χ1) is 13.0. The quantitative estimate of drug-likeness (QED) is 0.717. The van der Waals surface area contributed by atoms with Gasteiger partial charge in [0.2, 0.25) is 0 Å². The van der Waals surface area contributed by atoms with Crippen LogP contribution in [0.3, 0.4) is 0 Å². The molecule has 0 radical (unpaired) electrons. The number of nitrogens with one attached hydrogen (secondary N) is 1. The topological polar surface area (TPSA) is 58.6 Å². The fraction of sp³-hybridized carbons (Fsp3) is 0.238. The lowest BCUT2D eigenvalue weighted by molar-refractivity contribution is 0.415. The van der Waals surface area contributed by atoms with E-state index in [1.165, 1.54) is 12.8 Å². The lowest BCUT2D eigenvalue weighted by atomic mass is 10.1. The van der Waals surface area contributed by atoms with Crippen LogP contribution < -0.4 is 14.4 Å². The molecule has 1 heterocycles. The van der Waals surface area contributed by atoms with E-state index in [-0.39, 0.29) is 4.90 Å². The Morgan fingerprint density at radius 1 is 0.889 bits per heavy atom. The summed E-state index contributed by atoms with van der Waals surface area (Å²) in [5, 5.41) is 1.78. The molecule has 3 aromatic rings. The summed E-state index contributed by atoms with van der Waals surface area (Å²) in [7, 11) is -2.04. The molecule has 0 aromatic heterocycles. The van der Waals surface area contributed by atoms with Gasteiger partial charge in [0.15, 0.2) is 0 Å². The van der Waals surface area contributed by atoms with Crippen LogP contribution in [-0.4, -0.2) is 28.6 Å². The minimum atomic E-state index is -3.65. The third kappa shape index (κ3) is 3.71. The zero-order valence-electron chi connectivity index (χ0n) is 15.2. The Bertz CT molecular complexity index is 1060. The van der Waals surface area contributed by atoms with Crippen molar-refractivity contribution in [1.82, 2.24) is 0 Å². The monoisotopic (exact) mass is 382 g/mol. The Morgan fingerprint density at radius 2 is 1.56 bits per heavy atom. The summed E-state index contributed by atoms with van der Waals surface area (Å²) in [4.78, 5) is 2.55. The lowest BCUT2D eigenvalue weighted by Gasteiger charge is -2.18. The molecule has 0 spiro atoms. The number of hydrogen-bond acceptors (Lipinski definition) is 4. The number of benzene rings is 3. The summed E-state index contributed by atoms with van der Waals surface area (Å²) < 4.78 is 33.4. The Balaban J connectivity index is 1.56.